The molecule has 9 nitrogen and oxygen atoms in total. The van der Waals surface area contributed by atoms with Crippen LogP contribution >= 0.6 is 0 Å². The molecule has 0 amide bonds. The molecule has 0 saturated heterocycles. The Morgan fingerprint density at radius 1 is 1.19 bits per heavy atom. The van der Waals surface area contributed by atoms with Crippen LogP contribution in [0.15, 0.2) is 66.4 Å². The van der Waals surface area contributed by atoms with Crippen LogP contribution in [-0.2, 0) is 14.3 Å². The standard InChI is InChI=1S/C22H18N4O5/c1-30-11-12-31-22(27)17(14-23)13-18-15-25(19-5-3-2-4-6-19)24-21(18)16-7-9-20(10-8-16)26(28)29/h2-10,13,15H,11-12H2,1H3/b17-13+. The van der Waals surface area contributed by atoms with Crippen molar-refractivity contribution < 1.29 is 19.2 Å². The first kappa shape index (κ1) is 21.4. The largest absolute Gasteiger partial charge is 0.459 e. The van der Waals surface area contributed by atoms with E-state index in [0.717, 1.165) is 5.69 Å². The van der Waals surface area contributed by atoms with E-state index < -0.39 is 10.9 Å². The molecule has 31 heavy (non-hydrogen) atoms. The summed E-state index contributed by atoms with van der Waals surface area (Å²) >= 11 is 0. The molecular formula is C22H18N4O5. The van der Waals surface area contributed by atoms with Crippen molar-refractivity contribution >= 4 is 17.7 Å². The number of nitrogens with zero attached hydrogens (tertiary/aromatic N) is 4. The van der Waals surface area contributed by atoms with Crippen LogP contribution in [0.1, 0.15) is 5.56 Å². The Labute approximate surface area is 177 Å². The van der Waals surface area contributed by atoms with E-state index in [1.807, 2.05) is 36.4 Å². The Balaban J connectivity index is 2.05. The van der Waals surface area contributed by atoms with E-state index in [1.54, 1.807) is 23.0 Å². The van der Waals surface area contributed by atoms with Crippen LogP contribution in [-0.4, -0.2) is 41.0 Å². The monoisotopic (exact) mass is 418 g/mol. The van der Waals surface area contributed by atoms with Crippen molar-refractivity contribution in [3.63, 3.8) is 0 Å². The van der Waals surface area contributed by atoms with E-state index in [0.29, 0.717) is 16.8 Å². The molecule has 2 aromatic carbocycles. The summed E-state index contributed by atoms with van der Waals surface area (Å²) in [4.78, 5) is 22.7. The third-order valence-corrected chi connectivity index (χ3v) is 4.28. The Hall–Kier alpha value is -4.29. The van der Waals surface area contributed by atoms with E-state index in [4.69, 9.17) is 9.47 Å². The predicted molar refractivity (Wildman–Crippen MR) is 112 cm³/mol. The zero-order chi connectivity index (χ0) is 22.2. The first-order chi connectivity index (χ1) is 15.0. The van der Waals surface area contributed by atoms with Crippen LogP contribution in [0, 0.1) is 21.4 Å². The summed E-state index contributed by atoms with van der Waals surface area (Å²) in [5.41, 5.74) is 2.05. The highest BCUT2D eigenvalue weighted by Crippen LogP contribution is 2.27. The number of carbonyl (C=O) groups excluding carboxylic acids is 1. The molecule has 3 aromatic rings. The Bertz CT molecular complexity index is 1140. The molecule has 0 spiro atoms. The van der Waals surface area contributed by atoms with Gasteiger partial charge >= 0.3 is 5.97 Å². The fraction of sp³-hybridized carbons (Fsp3) is 0.136. The number of rotatable bonds is 8. The number of aromatic nitrogens is 2. The minimum Gasteiger partial charge on any atom is -0.459 e. The summed E-state index contributed by atoms with van der Waals surface area (Å²) in [6.07, 6.45) is 3.06. The van der Waals surface area contributed by atoms with Gasteiger partial charge in [-0.15, -0.1) is 0 Å². The topological polar surface area (TPSA) is 120 Å². The van der Waals surface area contributed by atoms with Crippen LogP contribution in [0.2, 0.25) is 0 Å². The number of non-ortho nitro benzene ring substituents is 1. The summed E-state index contributed by atoms with van der Waals surface area (Å²) in [5, 5.41) is 25.0. The molecule has 0 aliphatic heterocycles. The van der Waals surface area contributed by atoms with Crippen molar-refractivity contribution in [2.24, 2.45) is 0 Å². The highest BCUT2D eigenvalue weighted by molar-refractivity contribution is 5.98. The summed E-state index contributed by atoms with van der Waals surface area (Å²) < 4.78 is 11.5. The molecule has 0 radical (unpaired) electrons. The van der Waals surface area contributed by atoms with Gasteiger partial charge in [0, 0.05) is 36.6 Å². The molecule has 0 aliphatic carbocycles. The molecule has 0 bridgehead atoms. The summed E-state index contributed by atoms with van der Waals surface area (Å²) in [6, 6.07) is 17.0. The number of benzene rings is 2. The lowest BCUT2D eigenvalue weighted by atomic mass is 10.1. The lowest BCUT2D eigenvalue weighted by molar-refractivity contribution is -0.384. The third kappa shape index (κ3) is 5.20. The number of hydrogen-bond donors (Lipinski definition) is 0. The van der Waals surface area contributed by atoms with Gasteiger partial charge in [0.2, 0.25) is 0 Å². The van der Waals surface area contributed by atoms with Crippen LogP contribution < -0.4 is 0 Å². The molecule has 0 atom stereocenters. The van der Waals surface area contributed by atoms with E-state index in [9.17, 15) is 20.2 Å². The van der Waals surface area contributed by atoms with Gasteiger partial charge in [-0.3, -0.25) is 10.1 Å². The minimum absolute atomic E-state index is 0.0207. The van der Waals surface area contributed by atoms with Crippen molar-refractivity contribution in [3.05, 3.63) is 82.0 Å². The summed E-state index contributed by atoms with van der Waals surface area (Å²) in [6.45, 7) is 0.233. The van der Waals surface area contributed by atoms with Gasteiger partial charge in [0.1, 0.15) is 23.9 Å². The maximum absolute atomic E-state index is 12.2. The van der Waals surface area contributed by atoms with Gasteiger partial charge in [-0.2, -0.15) is 10.4 Å². The predicted octanol–water partition coefficient (Wildman–Crippen LogP) is 3.54. The molecule has 1 heterocycles. The second-order valence-corrected chi connectivity index (χ2v) is 6.32. The zero-order valence-electron chi connectivity index (χ0n) is 16.6. The molecule has 0 N–H and O–H groups in total. The Morgan fingerprint density at radius 3 is 2.52 bits per heavy atom. The highest BCUT2D eigenvalue weighted by Gasteiger charge is 2.17. The number of nitriles is 1. The molecule has 0 unspecified atom stereocenters. The number of hydrogen-bond acceptors (Lipinski definition) is 7. The lowest BCUT2D eigenvalue weighted by Gasteiger charge is -2.03. The van der Waals surface area contributed by atoms with Gasteiger partial charge in [0.15, 0.2) is 0 Å². The van der Waals surface area contributed by atoms with Gasteiger partial charge in [-0.05, 0) is 30.3 Å². The molecule has 3 rings (SSSR count). The van der Waals surface area contributed by atoms with Gasteiger partial charge in [-0.25, -0.2) is 9.48 Å². The van der Waals surface area contributed by atoms with E-state index >= 15 is 0 Å². The Kier molecular flexibility index (Phi) is 6.88. The number of ether oxygens (including phenoxy) is 2. The molecule has 1 aromatic heterocycles. The van der Waals surface area contributed by atoms with Crippen LogP contribution in [0.5, 0.6) is 0 Å². The van der Waals surface area contributed by atoms with Crippen molar-refractivity contribution in [2.45, 2.75) is 0 Å². The number of methoxy groups -OCH3 is 1. The molecule has 0 saturated carbocycles. The number of para-hydroxylation sites is 1. The third-order valence-electron chi connectivity index (χ3n) is 4.28. The SMILES string of the molecule is COCCOC(=O)/C(C#N)=C/c1cn(-c2ccccc2)nc1-c1ccc([N+](=O)[O-])cc1. The van der Waals surface area contributed by atoms with Crippen molar-refractivity contribution in [3.8, 4) is 23.0 Å². The fourth-order valence-electron chi connectivity index (χ4n) is 2.76. The first-order valence-corrected chi connectivity index (χ1v) is 9.21. The lowest BCUT2D eigenvalue weighted by Crippen LogP contribution is -2.11. The maximum Gasteiger partial charge on any atom is 0.348 e. The summed E-state index contributed by atoms with van der Waals surface area (Å²) in [7, 11) is 1.48. The molecular weight excluding hydrogens is 400 g/mol. The number of nitro benzene ring substituents is 1. The molecule has 0 fully saturated rings. The smallest absolute Gasteiger partial charge is 0.348 e. The average molecular weight is 418 g/mol. The van der Waals surface area contributed by atoms with Crippen molar-refractivity contribution in [2.75, 3.05) is 20.3 Å². The quantitative estimate of drug-likeness (QED) is 0.137. The molecule has 156 valence electrons. The highest BCUT2D eigenvalue weighted by atomic mass is 16.6. The second kappa shape index (κ2) is 9.96. The molecule has 9 heteroatoms. The van der Waals surface area contributed by atoms with Crippen LogP contribution in [0.4, 0.5) is 5.69 Å². The van der Waals surface area contributed by atoms with E-state index in [-0.39, 0.29) is 24.5 Å². The van der Waals surface area contributed by atoms with Gasteiger partial charge in [0.05, 0.1) is 17.2 Å². The number of esters is 1. The van der Waals surface area contributed by atoms with Crippen LogP contribution in [0.25, 0.3) is 23.0 Å². The van der Waals surface area contributed by atoms with E-state index in [2.05, 4.69) is 5.10 Å². The zero-order valence-corrected chi connectivity index (χ0v) is 16.6. The summed E-state index contributed by atoms with van der Waals surface area (Å²) in [5.74, 6) is -0.776. The molecule has 0 aliphatic rings. The second-order valence-electron chi connectivity index (χ2n) is 6.32. The van der Waals surface area contributed by atoms with Crippen molar-refractivity contribution in [1.82, 2.24) is 9.78 Å². The van der Waals surface area contributed by atoms with E-state index in [1.165, 1.54) is 25.3 Å². The van der Waals surface area contributed by atoms with Gasteiger partial charge in [0.25, 0.3) is 5.69 Å². The average Bonchev–Trinajstić information content (AvgIpc) is 3.22. The van der Waals surface area contributed by atoms with Gasteiger partial charge in [-0.1, -0.05) is 18.2 Å². The maximum atomic E-state index is 12.2. The van der Waals surface area contributed by atoms with Gasteiger partial charge < -0.3 is 9.47 Å². The Morgan fingerprint density at radius 2 is 1.90 bits per heavy atom. The number of carbonyl (C=O) groups is 1. The van der Waals surface area contributed by atoms with Crippen LogP contribution in [0.3, 0.4) is 0 Å². The minimum atomic E-state index is -0.776. The number of nitro groups is 1. The first-order valence-electron chi connectivity index (χ1n) is 9.21. The fourth-order valence-corrected chi connectivity index (χ4v) is 2.76. The van der Waals surface area contributed by atoms with Crippen molar-refractivity contribution in [1.29, 1.82) is 5.26 Å². The normalized spacial score (nSPS) is 11.0.